The zero-order valence-corrected chi connectivity index (χ0v) is 15.4. The van der Waals surface area contributed by atoms with Crippen LogP contribution in [0.1, 0.15) is 46.5 Å². The average Bonchev–Trinajstić information content (AvgIpc) is 2.52. The number of ether oxygens (including phenoxy) is 1. The first-order valence-electron chi connectivity index (χ1n) is 8.69. The number of carboxylic acid groups (broad SMARTS) is 2. The lowest BCUT2D eigenvalue weighted by Crippen LogP contribution is -2.68. The highest BCUT2D eigenvalue weighted by molar-refractivity contribution is 5.93. The van der Waals surface area contributed by atoms with Gasteiger partial charge in [0.1, 0.15) is 11.6 Å². The zero-order chi connectivity index (χ0) is 19.7. The maximum Gasteiger partial charge on any atom is 0.410 e. The number of amides is 2. The quantitative estimate of drug-likeness (QED) is 0.696. The fourth-order valence-corrected chi connectivity index (χ4v) is 3.42. The van der Waals surface area contributed by atoms with Crippen LogP contribution in [0.4, 0.5) is 4.79 Å². The summed E-state index contributed by atoms with van der Waals surface area (Å²) >= 11 is 0. The highest BCUT2D eigenvalue weighted by atomic mass is 16.6. The molecule has 2 fully saturated rings. The number of carboxylic acids is 2. The summed E-state index contributed by atoms with van der Waals surface area (Å²) in [5, 5.41) is 18.0. The third kappa shape index (κ3) is 4.25. The standard InChI is InChI=1S/C17H26N2O7/c1-16(2,3)26-15(25)18-8-6-17(7-9-18)10-19(14(17)24)11(13(22)23)4-5-12(20)21/h11H,4-10H2,1-3H3,(H,20,21)(H,22,23)/t11-/m0/s1. The lowest BCUT2D eigenvalue weighted by Gasteiger charge is -2.54. The van der Waals surface area contributed by atoms with Crippen LogP contribution in [0.15, 0.2) is 0 Å². The lowest BCUT2D eigenvalue weighted by molar-refractivity contribution is -0.176. The molecule has 0 aromatic carbocycles. The van der Waals surface area contributed by atoms with Gasteiger partial charge in [0.25, 0.3) is 0 Å². The van der Waals surface area contributed by atoms with Crippen molar-refractivity contribution in [2.75, 3.05) is 19.6 Å². The van der Waals surface area contributed by atoms with E-state index < -0.39 is 35.1 Å². The Labute approximate surface area is 151 Å². The minimum atomic E-state index is -1.19. The van der Waals surface area contributed by atoms with Gasteiger partial charge in [0.05, 0.1) is 5.41 Å². The van der Waals surface area contributed by atoms with Gasteiger partial charge in [0, 0.05) is 26.1 Å². The number of rotatable bonds is 5. The van der Waals surface area contributed by atoms with E-state index in [-0.39, 0.29) is 25.3 Å². The van der Waals surface area contributed by atoms with Gasteiger partial charge in [-0.25, -0.2) is 9.59 Å². The second-order valence-electron chi connectivity index (χ2n) is 7.97. The first-order chi connectivity index (χ1) is 11.9. The third-order valence-corrected chi connectivity index (χ3v) is 4.85. The molecule has 1 spiro atoms. The fourth-order valence-electron chi connectivity index (χ4n) is 3.42. The van der Waals surface area contributed by atoms with Crippen LogP contribution in [-0.2, 0) is 19.1 Å². The molecule has 2 amide bonds. The number of piperidine rings is 1. The molecule has 1 atom stereocenters. The van der Waals surface area contributed by atoms with Gasteiger partial charge in [0.2, 0.25) is 5.91 Å². The van der Waals surface area contributed by atoms with Gasteiger partial charge >= 0.3 is 18.0 Å². The summed E-state index contributed by atoms with van der Waals surface area (Å²) in [6, 6.07) is -1.12. The highest BCUT2D eigenvalue weighted by Crippen LogP contribution is 2.43. The molecule has 0 aromatic rings. The molecule has 2 aliphatic heterocycles. The van der Waals surface area contributed by atoms with Crippen LogP contribution in [0.25, 0.3) is 0 Å². The van der Waals surface area contributed by atoms with E-state index in [9.17, 15) is 24.3 Å². The third-order valence-electron chi connectivity index (χ3n) is 4.85. The Bertz CT molecular complexity index is 603. The molecule has 0 saturated carbocycles. The molecule has 9 heteroatoms. The van der Waals surface area contributed by atoms with Gasteiger partial charge in [-0.2, -0.15) is 0 Å². The van der Waals surface area contributed by atoms with E-state index >= 15 is 0 Å². The molecular formula is C17H26N2O7. The first kappa shape index (κ1) is 20.0. The maximum absolute atomic E-state index is 12.6. The molecule has 0 bridgehead atoms. The Morgan fingerprint density at radius 3 is 2.19 bits per heavy atom. The summed E-state index contributed by atoms with van der Waals surface area (Å²) < 4.78 is 5.33. The minimum absolute atomic E-state index is 0.115. The SMILES string of the molecule is CC(C)(C)OC(=O)N1CCC2(CC1)CN([C@@H](CCC(=O)O)C(=O)O)C2=O. The van der Waals surface area contributed by atoms with Crippen LogP contribution in [0.2, 0.25) is 0 Å². The van der Waals surface area contributed by atoms with Gasteiger partial charge in [-0.1, -0.05) is 0 Å². The monoisotopic (exact) mass is 370 g/mol. The van der Waals surface area contributed by atoms with Crippen molar-refractivity contribution in [1.29, 1.82) is 0 Å². The molecule has 26 heavy (non-hydrogen) atoms. The molecular weight excluding hydrogens is 344 g/mol. The van der Waals surface area contributed by atoms with Crippen LogP contribution in [0, 0.1) is 5.41 Å². The number of hydrogen-bond donors (Lipinski definition) is 2. The zero-order valence-electron chi connectivity index (χ0n) is 15.4. The Balaban J connectivity index is 1.92. The Morgan fingerprint density at radius 2 is 1.77 bits per heavy atom. The van der Waals surface area contributed by atoms with E-state index in [4.69, 9.17) is 9.84 Å². The van der Waals surface area contributed by atoms with Crippen LogP contribution in [-0.4, -0.2) is 75.2 Å². The second kappa shape index (κ2) is 7.13. The van der Waals surface area contributed by atoms with Crippen LogP contribution in [0.5, 0.6) is 0 Å². The summed E-state index contributed by atoms with van der Waals surface area (Å²) in [7, 11) is 0. The summed E-state index contributed by atoms with van der Waals surface area (Å²) in [5.74, 6) is -2.55. The van der Waals surface area contributed by atoms with E-state index in [1.807, 2.05) is 0 Å². The number of aliphatic carboxylic acids is 2. The number of hydrogen-bond acceptors (Lipinski definition) is 5. The van der Waals surface area contributed by atoms with Gasteiger partial charge < -0.3 is 24.7 Å². The molecule has 2 heterocycles. The molecule has 0 unspecified atom stereocenters. The smallest absolute Gasteiger partial charge is 0.410 e. The van der Waals surface area contributed by atoms with E-state index in [2.05, 4.69) is 0 Å². The van der Waals surface area contributed by atoms with Crippen molar-refractivity contribution in [2.24, 2.45) is 5.41 Å². The summed E-state index contributed by atoms with van der Waals surface area (Å²) in [5.41, 5.74) is -1.23. The molecule has 146 valence electrons. The number of nitrogens with zero attached hydrogens (tertiary/aromatic N) is 2. The molecule has 0 aliphatic carbocycles. The maximum atomic E-state index is 12.6. The van der Waals surface area contributed by atoms with Gasteiger partial charge in [-0.05, 0) is 40.0 Å². The Morgan fingerprint density at radius 1 is 1.19 bits per heavy atom. The highest BCUT2D eigenvalue weighted by Gasteiger charge is 2.56. The van der Waals surface area contributed by atoms with E-state index in [1.165, 1.54) is 4.90 Å². The average molecular weight is 370 g/mol. The predicted molar refractivity (Wildman–Crippen MR) is 89.5 cm³/mol. The number of β-lactam (4-membered cyclic amide) rings is 1. The Hall–Kier alpha value is -2.32. The summed E-state index contributed by atoms with van der Waals surface area (Å²) in [4.78, 5) is 49.6. The van der Waals surface area contributed by atoms with Crippen molar-refractivity contribution < 1.29 is 34.1 Å². The van der Waals surface area contributed by atoms with Crippen molar-refractivity contribution >= 4 is 23.9 Å². The second-order valence-corrected chi connectivity index (χ2v) is 7.97. The molecule has 2 aliphatic rings. The fraction of sp³-hybridized carbons (Fsp3) is 0.765. The molecule has 2 saturated heterocycles. The van der Waals surface area contributed by atoms with Crippen molar-refractivity contribution in [3.8, 4) is 0 Å². The first-order valence-corrected chi connectivity index (χ1v) is 8.69. The molecule has 2 N–H and O–H groups in total. The van der Waals surface area contributed by atoms with E-state index in [1.54, 1.807) is 25.7 Å². The van der Waals surface area contributed by atoms with Crippen molar-refractivity contribution in [1.82, 2.24) is 9.80 Å². The normalized spacial score (nSPS) is 20.5. The van der Waals surface area contributed by atoms with Crippen LogP contribution < -0.4 is 0 Å². The summed E-state index contributed by atoms with van der Waals surface area (Å²) in [6.45, 7) is 6.39. The van der Waals surface area contributed by atoms with Gasteiger partial charge in [-0.3, -0.25) is 9.59 Å². The van der Waals surface area contributed by atoms with E-state index in [0.29, 0.717) is 25.9 Å². The van der Waals surface area contributed by atoms with Gasteiger partial charge in [-0.15, -0.1) is 0 Å². The van der Waals surface area contributed by atoms with Crippen molar-refractivity contribution in [3.63, 3.8) is 0 Å². The Kier molecular flexibility index (Phi) is 5.48. The number of carbonyl (C=O) groups excluding carboxylic acids is 2. The molecule has 0 radical (unpaired) electrons. The summed E-state index contributed by atoms with van der Waals surface area (Å²) in [6.07, 6.45) is 0.0666. The van der Waals surface area contributed by atoms with Gasteiger partial charge in [0.15, 0.2) is 0 Å². The molecule has 0 aromatic heterocycles. The van der Waals surface area contributed by atoms with Crippen LogP contribution >= 0.6 is 0 Å². The number of likely N-dealkylation sites (tertiary alicyclic amines) is 2. The molecule has 9 nitrogen and oxygen atoms in total. The van der Waals surface area contributed by atoms with Crippen molar-refractivity contribution in [3.05, 3.63) is 0 Å². The topological polar surface area (TPSA) is 124 Å². The number of carbonyl (C=O) groups is 4. The largest absolute Gasteiger partial charge is 0.481 e. The van der Waals surface area contributed by atoms with E-state index in [0.717, 1.165) is 0 Å². The minimum Gasteiger partial charge on any atom is -0.481 e. The lowest BCUT2D eigenvalue weighted by atomic mass is 9.70. The van der Waals surface area contributed by atoms with Crippen molar-refractivity contribution in [2.45, 2.75) is 58.1 Å². The van der Waals surface area contributed by atoms with Crippen LogP contribution in [0.3, 0.4) is 0 Å². The molecule has 2 rings (SSSR count). The predicted octanol–water partition coefficient (Wildman–Crippen LogP) is 1.16.